The Morgan fingerprint density at radius 2 is 1.61 bits per heavy atom. The molecule has 5 nitrogen and oxygen atoms in total. The van der Waals surface area contributed by atoms with E-state index in [1.165, 1.54) is 51.4 Å². The van der Waals surface area contributed by atoms with Crippen molar-refractivity contribution in [1.29, 1.82) is 0 Å². The maximum absolute atomic E-state index is 12.4. The molecule has 182 valence electrons. The SMILES string of the molecule is C=CC(=O)OCOc1ccc(CCC(=O)OC2CCC(C3CCC(CCC)CC3)CC2)cc1. The predicted octanol–water partition coefficient (Wildman–Crippen LogP) is 6.39. The van der Waals surface area contributed by atoms with Crippen molar-refractivity contribution in [3.63, 3.8) is 0 Å². The van der Waals surface area contributed by atoms with Gasteiger partial charge in [-0.2, -0.15) is 0 Å². The molecule has 0 heterocycles. The van der Waals surface area contributed by atoms with E-state index in [-0.39, 0.29) is 18.9 Å². The fourth-order valence-electron chi connectivity index (χ4n) is 5.49. The molecule has 0 bridgehead atoms. The Hall–Kier alpha value is -2.30. The highest BCUT2D eigenvalue weighted by Gasteiger charge is 2.31. The van der Waals surface area contributed by atoms with Gasteiger partial charge in [0.25, 0.3) is 0 Å². The first kappa shape index (κ1) is 25.3. The normalized spacial score (nSPS) is 25.1. The highest BCUT2D eigenvalue weighted by molar-refractivity contribution is 5.81. The summed E-state index contributed by atoms with van der Waals surface area (Å²) in [6.07, 6.45) is 15.1. The van der Waals surface area contributed by atoms with Crippen molar-refractivity contribution < 1.29 is 23.8 Å². The van der Waals surface area contributed by atoms with Crippen LogP contribution in [0.1, 0.15) is 83.1 Å². The standard InChI is InChI=1S/C28H40O5/c1-3-5-21-6-11-23(12-7-21)24-13-17-26(18-14-24)33-28(30)19-10-22-8-15-25(16-9-22)31-20-32-27(29)4-2/h4,8-9,15-16,21,23-24,26H,2-3,5-7,10-14,17-20H2,1H3. The molecule has 2 saturated carbocycles. The summed E-state index contributed by atoms with van der Waals surface area (Å²) in [5, 5.41) is 0. The van der Waals surface area contributed by atoms with Crippen LogP contribution in [0.5, 0.6) is 5.75 Å². The van der Waals surface area contributed by atoms with Gasteiger partial charge in [-0.25, -0.2) is 4.79 Å². The molecule has 0 amide bonds. The zero-order chi connectivity index (χ0) is 23.5. The average molecular weight is 457 g/mol. The molecule has 33 heavy (non-hydrogen) atoms. The third kappa shape index (κ3) is 8.53. The van der Waals surface area contributed by atoms with E-state index in [0.29, 0.717) is 18.6 Å². The first-order valence-electron chi connectivity index (χ1n) is 12.8. The number of carbonyl (C=O) groups is 2. The van der Waals surface area contributed by atoms with Crippen LogP contribution >= 0.6 is 0 Å². The van der Waals surface area contributed by atoms with E-state index in [9.17, 15) is 9.59 Å². The van der Waals surface area contributed by atoms with Crippen LogP contribution < -0.4 is 4.74 Å². The molecule has 0 N–H and O–H groups in total. The Kier molecular flexibility index (Phi) is 10.3. The average Bonchev–Trinajstić information content (AvgIpc) is 2.84. The zero-order valence-electron chi connectivity index (χ0n) is 20.1. The lowest BCUT2D eigenvalue weighted by Crippen LogP contribution is -2.29. The van der Waals surface area contributed by atoms with Gasteiger partial charge in [-0.05, 0) is 80.4 Å². The van der Waals surface area contributed by atoms with Gasteiger partial charge in [0.1, 0.15) is 11.9 Å². The van der Waals surface area contributed by atoms with Crippen molar-refractivity contribution in [2.75, 3.05) is 6.79 Å². The van der Waals surface area contributed by atoms with E-state index in [1.54, 1.807) is 12.1 Å². The van der Waals surface area contributed by atoms with Crippen molar-refractivity contribution in [1.82, 2.24) is 0 Å². The summed E-state index contributed by atoms with van der Waals surface area (Å²) in [5.74, 6) is 2.69. The molecule has 0 aliphatic heterocycles. The third-order valence-electron chi connectivity index (χ3n) is 7.41. The van der Waals surface area contributed by atoms with E-state index in [4.69, 9.17) is 14.2 Å². The zero-order valence-corrected chi connectivity index (χ0v) is 20.1. The minimum atomic E-state index is -0.520. The van der Waals surface area contributed by atoms with Crippen molar-refractivity contribution >= 4 is 11.9 Å². The molecular formula is C28H40O5. The first-order valence-corrected chi connectivity index (χ1v) is 12.8. The van der Waals surface area contributed by atoms with Crippen molar-refractivity contribution in [3.05, 3.63) is 42.5 Å². The Labute approximate surface area is 198 Å². The van der Waals surface area contributed by atoms with Crippen molar-refractivity contribution in [3.8, 4) is 5.75 Å². The summed E-state index contributed by atoms with van der Waals surface area (Å²) in [6, 6.07) is 7.44. The van der Waals surface area contributed by atoms with Crippen LogP contribution in [0.25, 0.3) is 0 Å². The van der Waals surface area contributed by atoms with E-state index < -0.39 is 5.97 Å². The van der Waals surface area contributed by atoms with Crippen molar-refractivity contribution in [2.24, 2.45) is 17.8 Å². The van der Waals surface area contributed by atoms with Gasteiger partial charge in [-0.1, -0.05) is 51.3 Å². The fourth-order valence-corrected chi connectivity index (χ4v) is 5.49. The number of hydrogen-bond acceptors (Lipinski definition) is 5. The number of esters is 2. The summed E-state index contributed by atoms with van der Waals surface area (Å²) < 4.78 is 15.9. The van der Waals surface area contributed by atoms with E-state index >= 15 is 0 Å². The number of ether oxygens (including phenoxy) is 3. The molecule has 5 heteroatoms. The summed E-state index contributed by atoms with van der Waals surface area (Å²) in [5.41, 5.74) is 1.05. The van der Waals surface area contributed by atoms with Gasteiger partial charge in [-0.15, -0.1) is 0 Å². The van der Waals surface area contributed by atoms with Gasteiger partial charge >= 0.3 is 11.9 Å². The smallest absolute Gasteiger partial charge is 0.333 e. The monoisotopic (exact) mass is 456 g/mol. The Balaban J connectivity index is 1.30. The van der Waals surface area contributed by atoms with Crippen LogP contribution in [-0.4, -0.2) is 24.8 Å². The molecular weight excluding hydrogens is 416 g/mol. The van der Waals surface area contributed by atoms with E-state index in [1.807, 2.05) is 12.1 Å². The Bertz CT molecular complexity index is 740. The van der Waals surface area contributed by atoms with E-state index in [0.717, 1.165) is 42.2 Å². The van der Waals surface area contributed by atoms with Gasteiger partial charge < -0.3 is 14.2 Å². The lowest BCUT2D eigenvalue weighted by Gasteiger charge is -2.37. The molecule has 0 radical (unpaired) electrons. The highest BCUT2D eigenvalue weighted by atomic mass is 16.7. The number of rotatable bonds is 11. The highest BCUT2D eigenvalue weighted by Crippen LogP contribution is 2.41. The first-order chi connectivity index (χ1) is 16.1. The molecule has 0 atom stereocenters. The molecule has 3 rings (SSSR count). The predicted molar refractivity (Wildman–Crippen MR) is 129 cm³/mol. The number of carbonyl (C=O) groups excluding carboxylic acids is 2. The molecule has 0 spiro atoms. The summed E-state index contributed by atoms with van der Waals surface area (Å²) >= 11 is 0. The number of benzene rings is 1. The van der Waals surface area contributed by atoms with Crippen LogP contribution in [0.15, 0.2) is 36.9 Å². The second-order valence-electron chi connectivity index (χ2n) is 9.67. The minimum Gasteiger partial charge on any atom is -0.462 e. The van der Waals surface area contributed by atoms with Crippen LogP contribution in [0.3, 0.4) is 0 Å². The van der Waals surface area contributed by atoms with Crippen LogP contribution in [0, 0.1) is 17.8 Å². The summed E-state index contributed by atoms with van der Waals surface area (Å²) in [7, 11) is 0. The maximum Gasteiger partial charge on any atom is 0.333 e. The number of aryl methyl sites for hydroxylation is 1. The minimum absolute atomic E-state index is 0.0965. The van der Waals surface area contributed by atoms with Crippen LogP contribution in [-0.2, 0) is 25.5 Å². The fraction of sp³-hybridized carbons (Fsp3) is 0.643. The largest absolute Gasteiger partial charge is 0.462 e. The maximum atomic E-state index is 12.4. The Morgan fingerprint density at radius 3 is 2.21 bits per heavy atom. The van der Waals surface area contributed by atoms with Gasteiger partial charge in [0, 0.05) is 12.5 Å². The third-order valence-corrected chi connectivity index (χ3v) is 7.41. The lowest BCUT2D eigenvalue weighted by molar-refractivity contribution is -0.151. The molecule has 0 unspecified atom stereocenters. The van der Waals surface area contributed by atoms with Gasteiger partial charge in [0.15, 0.2) is 0 Å². The van der Waals surface area contributed by atoms with Crippen LogP contribution in [0.4, 0.5) is 0 Å². The van der Waals surface area contributed by atoms with Gasteiger partial charge in [0.05, 0.1) is 0 Å². The summed E-state index contributed by atoms with van der Waals surface area (Å²) in [6.45, 7) is 5.48. The van der Waals surface area contributed by atoms with E-state index in [2.05, 4.69) is 13.5 Å². The Morgan fingerprint density at radius 1 is 0.970 bits per heavy atom. The van der Waals surface area contributed by atoms with Crippen molar-refractivity contribution in [2.45, 2.75) is 90.1 Å². The molecule has 0 aromatic heterocycles. The topological polar surface area (TPSA) is 61.8 Å². The number of hydrogen-bond donors (Lipinski definition) is 0. The second-order valence-corrected chi connectivity index (χ2v) is 9.67. The summed E-state index contributed by atoms with van der Waals surface area (Å²) in [4.78, 5) is 23.4. The second kappa shape index (κ2) is 13.4. The van der Waals surface area contributed by atoms with Gasteiger partial charge in [0.2, 0.25) is 6.79 Å². The molecule has 2 fully saturated rings. The van der Waals surface area contributed by atoms with Crippen LogP contribution in [0.2, 0.25) is 0 Å². The molecule has 1 aromatic carbocycles. The molecule has 1 aromatic rings. The molecule has 0 saturated heterocycles. The lowest BCUT2D eigenvalue weighted by atomic mass is 9.70. The van der Waals surface area contributed by atoms with Gasteiger partial charge in [-0.3, -0.25) is 4.79 Å². The molecule has 2 aliphatic carbocycles. The molecule has 2 aliphatic rings. The quantitative estimate of drug-likeness (QED) is 0.219.